The van der Waals surface area contributed by atoms with Crippen LogP contribution >= 0.6 is 11.6 Å². The third-order valence-corrected chi connectivity index (χ3v) is 3.12. The molecule has 0 aliphatic rings. The largest absolute Gasteiger partial charge is 0.310 e. The van der Waals surface area contributed by atoms with Crippen LogP contribution in [-0.2, 0) is 6.42 Å². The summed E-state index contributed by atoms with van der Waals surface area (Å²) in [7, 11) is 1.81. The van der Waals surface area contributed by atoms with Crippen LogP contribution in [0.2, 0.25) is 5.02 Å². The molecule has 3 nitrogen and oxygen atoms in total. The van der Waals surface area contributed by atoms with E-state index in [1.807, 2.05) is 7.05 Å². The lowest BCUT2D eigenvalue weighted by Crippen LogP contribution is -2.21. The van der Waals surface area contributed by atoms with Crippen molar-refractivity contribution in [3.05, 3.63) is 58.9 Å². The van der Waals surface area contributed by atoms with Gasteiger partial charge in [0.2, 0.25) is 0 Å². The number of aromatic nitrogens is 2. The summed E-state index contributed by atoms with van der Waals surface area (Å²) in [6.07, 6.45) is 3.90. The molecule has 1 unspecified atom stereocenters. The predicted molar refractivity (Wildman–Crippen MR) is 68.9 cm³/mol. The number of nitrogens with zero attached hydrogens (tertiary/aromatic N) is 2. The second-order valence-corrected chi connectivity index (χ2v) is 4.24. The van der Waals surface area contributed by atoms with Gasteiger partial charge >= 0.3 is 0 Å². The van der Waals surface area contributed by atoms with E-state index in [1.165, 1.54) is 6.07 Å². The van der Waals surface area contributed by atoms with Gasteiger partial charge in [0.15, 0.2) is 0 Å². The molecule has 1 aromatic carbocycles. The Morgan fingerprint density at radius 1 is 1.28 bits per heavy atom. The highest BCUT2D eigenvalue weighted by atomic mass is 35.5. The van der Waals surface area contributed by atoms with Crippen LogP contribution in [-0.4, -0.2) is 17.0 Å². The molecule has 0 aliphatic heterocycles. The standard InChI is InChI=1S/C13H13ClFN3/c1-16-11(13-17-6-3-7-18-13)8-9-4-2-5-10(15)12(9)14/h2-7,11,16H,8H2,1H3. The van der Waals surface area contributed by atoms with Gasteiger partial charge in [0.05, 0.1) is 11.1 Å². The van der Waals surface area contributed by atoms with Crippen molar-refractivity contribution in [2.45, 2.75) is 12.5 Å². The minimum Gasteiger partial charge on any atom is -0.310 e. The third-order valence-electron chi connectivity index (χ3n) is 2.70. The maximum absolute atomic E-state index is 13.4. The van der Waals surface area contributed by atoms with Crippen molar-refractivity contribution in [2.24, 2.45) is 0 Å². The molecule has 1 aromatic heterocycles. The van der Waals surface area contributed by atoms with Gasteiger partial charge in [-0.05, 0) is 31.2 Å². The Balaban J connectivity index is 2.24. The Kier molecular flexibility index (Phi) is 4.23. The first-order chi connectivity index (χ1) is 8.72. The minimum atomic E-state index is -0.405. The molecule has 2 aromatic rings. The van der Waals surface area contributed by atoms with Gasteiger partial charge in [0, 0.05) is 12.4 Å². The number of nitrogens with one attached hydrogen (secondary N) is 1. The Hall–Kier alpha value is -1.52. The van der Waals surface area contributed by atoms with Crippen LogP contribution in [0.4, 0.5) is 4.39 Å². The summed E-state index contributed by atoms with van der Waals surface area (Å²) in [4.78, 5) is 8.38. The fraction of sp³-hybridized carbons (Fsp3) is 0.231. The van der Waals surface area contributed by atoms with E-state index in [0.717, 1.165) is 5.56 Å². The lowest BCUT2D eigenvalue weighted by atomic mass is 10.1. The normalized spacial score (nSPS) is 12.4. The van der Waals surface area contributed by atoms with Crippen LogP contribution in [0.3, 0.4) is 0 Å². The molecule has 0 spiro atoms. The molecule has 2 rings (SSSR count). The highest BCUT2D eigenvalue weighted by Gasteiger charge is 2.15. The monoisotopic (exact) mass is 265 g/mol. The first kappa shape index (κ1) is 12.9. The van der Waals surface area contributed by atoms with E-state index in [9.17, 15) is 4.39 Å². The molecule has 1 heterocycles. The number of likely N-dealkylation sites (N-methyl/N-ethyl adjacent to an activating group) is 1. The van der Waals surface area contributed by atoms with E-state index in [1.54, 1.807) is 30.6 Å². The molecule has 1 N–H and O–H groups in total. The van der Waals surface area contributed by atoms with E-state index >= 15 is 0 Å². The summed E-state index contributed by atoms with van der Waals surface area (Å²) in [5.74, 6) is 0.262. The van der Waals surface area contributed by atoms with Gasteiger partial charge in [-0.15, -0.1) is 0 Å². The topological polar surface area (TPSA) is 37.8 Å². The summed E-state index contributed by atoms with van der Waals surface area (Å²) in [5, 5.41) is 3.27. The number of benzene rings is 1. The maximum Gasteiger partial charge on any atom is 0.145 e. The number of halogens is 2. The fourth-order valence-corrected chi connectivity index (χ4v) is 1.94. The predicted octanol–water partition coefficient (Wildman–Crippen LogP) is 2.77. The Morgan fingerprint density at radius 2 is 2.00 bits per heavy atom. The van der Waals surface area contributed by atoms with E-state index in [2.05, 4.69) is 15.3 Å². The minimum absolute atomic E-state index is 0.0921. The first-order valence-electron chi connectivity index (χ1n) is 5.59. The molecular weight excluding hydrogens is 253 g/mol. The van der Waals surface area contributed by atoms with Crippen molar-refractivity contribution in [1.82, 2.24) is 15.3 Å². The smallest absolute Gasteiger partial charge is 0.145 e. The SMILES string of the molecule is CNC(Cc1cccc(F)c1Cl)c1ncccn1. The molecule has 0 amide bonds. The fourth-order valence-electron chi connectivity index (χ4n) is 1.74. The summed E-state index contributed by atoms with van der Waals surface area (Å²) in [5.41, 5.74) is 0.739. The Morgan fingerprint density at radius 3 is 2.67 bits per heavy atom. The number of rotatable bonds is 4. The highest BCUT2D eigenvalue weighted by molar-refractivity contribution is 6.31. The zero-order chi connectivity index (χ0) is 13.0. The Labute approximate surface area is 110 Å². The van der Waals surface area contributed by atoms with Crippen molar-refractivity contribution >= 4 is 11.6 Å². The van der Waals surface area contributed by atoms with Crippen molar-refractivity contribution < 1.29 is 4.39 Å². The zero-order valence-corrected chi connectivity index (χ0v) is 10.7. The van der Waals surface area contributed by atoms with Crippen LogP contribution in [0, 0.1) is 5.82 Å². The number of hydrogen-bond acceptors (Lipinski definition) is 3. The lowest BCUT2D eigenvalue weighted by molar-refractivity contribution is 0.553. The number of hydrogen-bond donors (Lipinski definition) is 1. The molecule has 0 aliphatic carbocycles. The van der Waals surface area contributed by atoms with Gasteiger partial charge < -0.3 is 5.32 Å². The average molecular weight is 266 g/mol. The van der Waals surface area contributed by atoms with Crippen LogP contribution in [0.1, 0.15) is 17.4 Å². The molecular formula is C13H13ClFN3. The summed E-state index contributed by atoms with van der Waals surface area (Å²) in [6.45, 7) is 0. The van der Waals surface area contributed by atoms with E-state index in [4.69, 9.17) is 11.6 Å². The van der Waals surface area contributed by atoms with E-state index < -0.39 is 5.82 Å². The summed E-state index contributed by atoms with van der Waals surface area (Å²) < 4.78 is 13.4. The van der Waals surface area contributed by atoms with Crippen LogP contribution in [0.15, 0.2) is 36.7 Å². The molecule has 0 saturated carbocycles. The van der Waals surface area contributed by atoms with Crippen molar-refractivity contribution in [2.75, 3.05) is 7.05 Å². The quantitative estimate of drug-likeness (QED) is 0.924. The van der Waals surface area contributed by atoms with E-state index in [-0.39, 0.29) is 11.1 Å². The van der Waals surface area contributed by atoms with Gasteiger partial charge in [-0.25, -0.2) is 14.4 Å². The second kappa shape index (κ2) is 5.89. The second-order valence-electron chi connectivity index (χ2n) is 3.87. The Bertz CT molecular complexity index is 519. The van der Waals surface area contributed by atoms with Crippen LogP contribution in [0.25, 0.3) is 0 Å². The van der Waals surface area contributed by atoms with Gasteiger partial charge in [0.1, 0.15) is 11.6 Å². The molecule has 0 bridgehead atoms. The summed E-state index contributed by atoms with van der Waals surface area (Å²) in [6, 6.07) is 6.46. The van der Waals surface area contributed by atoms with Crippen LogP contribution < -0.4 is 5.32 Å². The van der Waals surface area contributed by atoms with Gasteiger partial charge in [0.25, 0.3) is 0 Å². The molecule has 0 fully saturated rings. The van der Waals surface area contributed by atoms with Crippen LogP contribution in [0.5, 0.6) is 0 Å². The molecule has 0 saturated heterocycles. The highest BCUT2D eigenvalue weighted by Crippen LogP contribution is 2.24. The molecule has 0 radical (unpaired) electrons. The van der Waals surface area contributed by atoms with Gasteiger partial charge in [-0.3, -0.25) is 0 Å². The van der Waals surface area contributed by atoms with Crippen molar-refractivity contribution in [3.63, 3.8) is 0 Å². The summed E-state index contributed by atoms with van der Waals surface area (Å²) >= 11 is 5.94. The maximum atomic E-state index is 13.4. The molecule has 18 heavy (non-hydrogen) atoms. The third kappa shape index (κ3) is 2.83. The molecule has 5 heteroatoms. The zero-order valence-electron chi connectivity index (χ0n) is 9.90. The average Bonchev–Trinajstić information content (AvgIpc) is 2.41. The first-order valence-corrected chi connectivity index (χ1v) is 5.97. The molecule has 1 atom stereocenters. The van der Waals surface area contributed by atoms with Crippen molar-refractivity contribution in [3.8, 4) is 0 Å². The van der Waals surface area contributed by atoms with E-state index in [0.29, 0.717) is 12.2 Å². The van der Waals surface area contributed by atoms with Gasteiger partial charge in [-0.2, -0.15) is 0 Å². The molecule has 94 valence electrons. The van der Waals surface area contributed by atoms with Crippen molar-refractivity contribution in [1.29, 1.82) is 0 Å². The van der Waals surface area contributed by atoms with Gasteiger partial charge in [-0.1, -0.05) is 23.7 Å². The lowest BCUT2D eigenvalue weighted by Gasteiger charge is -2.15.